The van der Waals surface area contributed by atoms with E-state index in [1.807, 2.05) is 0 Å². The third-order valence-corrected chi connectivity index (χ3v) is 3.33. The molecule has 126 valence electrons. The van der Waals surface area contributed by atoms with E-state index in [0.717, 1.165) is 16.8 Å². The number of rotatable bonds is 3. The van der Waals surface area contributed by atoms with Gasteiger partial charge in [0.2, 0.25) is 5.91 Å². The maximum Gasteiger partial charge on any atom is 0.416 e. The molecule has 1 aromatic carbocycles. The fraction of sp³-hybridized carbons (Fsp3) is 0.231. The first-order valence-electron chi connectivity index (χ1n) is 6.69. The number of H-pyrrole nitrogens is 1. The van der Waals surface area contributed by atoms with Crippen LogP contribution in [0, 0.1) is 0 Å². The number of aromatic amines is 1. The molecule has 0 unspecified atom stereocenters. The van der Waals surface area contributed by atoms with Crippen LogP contribution in [0.25, 0.3) is 10.9 Å². The zero-order chi connectivity index (χ0) is 17.5. The fourth-order valence-electron chi connectivity index (χ4n) is 2.12. The number of nitrogens with zero attached hydrogens (tertiary/aromatic N) is 4. The largest absolute Gasteiger partial charge is 0.416 e. The predicted octanol–water partition coefficient (Wildman–Crippen LogP) is 1.12. The van der Waals surface area contributed by atoms with Crippen LogP contribution in [0.15, 0.2) is 29.3 Å². The standard InChI is InChI=1S/C13H11F3N6O2/c1-21-6-17-22(12(21)24)5-10(23)18-11-8-4-7(13(14,15)16)2-3-9(8)19-20-11/h2-4,6H,5H2,1H3,(H2,18,19,20,23). The lowest BCUT2D eigenvalue weighted by atomic mass is 10.1. The minimum Gasteiger partial charge on any atom is -0.307 e. The first kappa shape index (κ1) is 15.8. The Morgan fingerprint density at radius 2 is 2.12 bits per heavy atom. The molecule has 0 aliphatic heterocycles. The van der Waals surface area contributed by atoms with E-state index < -0.39 is 23.3 Å². The topological polar surface area (TPSA) is 97.6 Å². The minimum atomic E-state index is -4.51. The summed E-state index contributed by atoms with van der Waals surface area (Å²) in [7, 11) is 1.48. The maximum atomic E-state index is 12.8. The number of amides is 1. The van der Waals surface area contributed by atoms with E-state index in [-0.39, 0.29) is 17.7 Å². The zero-order valence-electron chi connectivity index (χ0n) is 12.3. The lowest BCUT2D eigenvalue weighted by Gasteiger charge is -2.06. The maximum absolute atomic E-state index is 12.8. The number of anilines is 1. The quantitative estimate of drug-likeness (QED) is 0.746. The van der Waals surface area contributed by atoms with Gasteiger partial charge in [-0.3, -0.25) is 14.5 Å². The Hall–Kier alpha value is -3.11. The van der Waals surface area contributed by atoms with Crippen molar-refractivity contribution in [3.8, 4) is 0 Å². The van der Waals surface area contributed by atoms with E-state index in [4.69, 9.17) is 0 Å². The summed E-state index contributed by atoms with van der Waals surface area (Å²) in [5, 5.41) is 12.5. The molecule has 2 heterocycles. The van der Waals surface area contributed by atoms with Crippen molar-refractivity contribution in [3.63, 3.8) is 0 Å². The predicted molar refractivity (Wildman–Crippen MR) is 77.2 cm³/mol. The van der Waals surface area contributed by atoms with Gasteiger partial charge in [-0.05, 0) is 18.2 Å². The molecule has 2 aromatic heterocycles. The Balaban J connectivity index is 1.85. The molecule has 11 heteroatoms. The van der Waals surface area contributed by atoms with E-state index >= 15 is 0 Å². The van der Waals surface area contributed by atoms with Crippen molar-refractivity contribution >= 4 is 22.6 Å². The third-order valence-electron chi connectivity index (χ3n) is 3.33. The van der Waals surface area contributed by atoms with Gasteiger partial charge in [0.1, 0.15) is 12.9 Å². The summed E-state index contributed by atoms with van der Waals surface area (Å²) in [5.41, 5.74) is -1.00. The third kappa shape index (κ3) is 2.87. The van der Waals surface area contributed by atoms with Crippen LogP contribution < -0.4 is 11.0 Å². The molecule has 3 aromatic rings. The van der Waals surface area contributed by atoms with Gasteiger partial charge >= 0.3 is 11.9 Å². The van der Waals surface area contributed by atoms with Gasteiger partial charge in [0.05, 0.1) is 11.1 Å². The van der Waals surface area contributed by atoms with Crippen molar-refractivity contribution < 1.29 is 18.0 Å². The Morgan fingerprint density at radius 3 is 2.75 bits per heavy atom. The van der Waals surface area contributed by atoms with Crippen molar-refractivity contribution in [2.45, 2.75) is 12.7 Å². The minimum absolute atomic E-state index is 0.0509. The van der Waals surface area contributed by atoms with Gasteiger partial charge in [-0.2, -0.15) is 23.4 Å². The van der Waals surface area contributed by atoms with Crippen LogP contribution >= 0.6 is 0 Å². The van der Waals surface area contributed by atoms with Crippen LogP contribution in [0.5, 0.6) is 0 Å². The molecule has 24 heavy (non-hydrogen) atoms. The van der Waals surface area contributed by atoms with E-state index in [1.54, 1.807) is 0 Å². The SMILES string of the molecule is Cn1cnn(CC(=O)Nc2n[nH]c3ccc(C(F)(F)F)cc23)c1=O. The van der Waals surface area contributed by atoms with Gasteiger partial charge in [0.25, 0.3) is 0 Å². The summed E-state index contributed by atoms with van der Waals surface area (Å²) < 4.78 is 40.5. The summed E-state index contributed by atoms with van der Waals surface area (Å²) in [5.74, 6) is -0.688. The molecule has 0 radical (unpaired) electrons. The van der Waals surface area contributed by atoms with Gasteiger partial charge in [-0.25, -0.2) is 9.48 Å². The average molecular weight is 340 g/mol. The highest BCUT2D eigenvalue weighted by molar-refractivity contribution is 5.99. The van der Waals surface area contributed by atoms with Crippen LogP contribution in [0.2, 0.25) is 0 Å². The molecule has 2 N–H and O–H groups in total. The molecule has 0 aliphatic rings. The summed E-state index contributed by atoms with van der Waals surface area (Å²) in [4.78, 5) is 23.6. The smallest absolute Gasteiger partial charge is 0.307 e. The number of carbonyl (C=O) groups is 1. The van der Waals surface area contributed by atoms with E-state index in [0.29, 0.717) is 5.52 Å². The highest BCUT2D eigenvalue weighted by atomic mass is 19.4. The van der Waals surface area contributed by atoms with E-state index in [2.05, 4.69) is 20.6 Å². The molecule has 0 saturated heterocycles. The lowest BCUT2D eigenvalue weighted by Crippen LogP contribution is -2.29. The highest BCUT2D eigenvalue weighted by Gasteiger charge is 2.31. The van der Waals surface area contributed by atoms with Crippen LogP contribution in [0.4, 0.5) is 19.0 Å². The van der Waals surface area contributed by atoms with Crippen molar-refractivity contribution in [1.29, 1.82) is 0 Å². The summed E-state index contributed by atoms with van der Waals surface area (Å²) in [6, 6.07) is 3.03. The van der Waals surface area contributed by atoms with E-state index in [1.165, 1.54) is 24.0 Å². The van der Waals surface area contributed by atoms with Crippen molar-refractivity contribution in [3.05, 3.63) is 40.6 Å². The van der Waals surface area contributed by atoms with Crippen molar-refractivity contribution in [2.24, 2.45) is 7.05 Å². The number of carbonyl (C=O) groups excluding carboxylic acids is 1. The van der Waals surface area contributed by atoms with Gasteiger partial charge in [-0.15, -0.1) is 0 Å². The number of fused-ring (bicyclic) bond motifs is 1. The second-order valence-electron chi connectivity index (χ2n) is 5.06. The second-order valence-corrected chi connectivity index (χ2v) is 5.06. The number of nitrogens with one attached hydrogen (secondary N) is 2. The Kier molecular flexibility index (Phi) is 3.62. The molecule has 1 amide bonds. The van der Waals surface area contributed by atoms with Gasteiger partial charge < -0.3 is 5.32 Å². The number of halogens is 3. The van der Waals surface area contributed by atoms with Gasteiger partial charge in [-0.1, -0.05) is 0 Å². The molecule has 0 bridgehead atoms. The van der Waals surface area contributed by atoms with Crippen LogP contribution in [0.3, 0.4) is 0 Å². The van der Waals surface area contributed by atoms with Crippen LogP contribution in [-0.4, -0.2) is 30.5 Å². The Morgan fingerprint density at radius 1 is 1.38 bits per heavy atom. The number of aryl methyl sites for hydroxylation is 1. The summed E-state index contributed by atoms with van der Waals surface area (Å²) >= 11 is 0. The summed E-state index contributed by atoms with van der Waals surface area (Å²) in [6.45, 7) is -0.382. The number of benzene rings is 1. The van der Waals surface area contributed by atoms with Crippen molar-refractivity contribution in [2.75, 3.05) is 5.32 Å². The number of alkyl halides is 3. The molecular weight excluding hydrogens is 329 g/mol. The van der Waals surface area contributed by atoms with E-state index in [9.17, 15) is 22.8 Å². The number of aromatic nitrogens is 5. The lowest BCUT2D eigenvalue weighted by molar-refractivity contribution is -0.137. The second kappa shape index (κ2) is 5.51. The molecule has 0 aliphatic carbocycles. The molecule has 0 spiro atoms. The Labute approximate surface area is 131 Å². The highest BCUT2D eigenvalue weighted by Crippen LogP contribution is 2.32. The molecule has 8 nitrogen and oxygen atoms in total. The number of hydrogen-bond donors (Lipinski definition) is 2. The number of hydrogen-bond acceptors (Lipinski definition) is 4. The van der Waals surface area contributed by atoms with Gasteiger partial charge in [0, 0.05) is 12.4 Å². The molecule has 3 rings (SSSR count). The molecule has 0 fully saturated rings. The Bertz CT molecular complexity index is 968. The zero-order valence-corrected chi connectivity index (χ0v) is 12.3. The first-order valence-corrected chi connectivity index (χ1v) is 6.69. The normalized spacial score (nSPS) is 11.8. The molecular formula is C13H11F3N6O2. The van der Waals surface area contributed by atoms with Gasteiger partial charge in [0.15, 0.2) is 5.82 Å². The molecule has 0 saturated carbocycles. The summed E-state index contributed by atoms with van der Waals surface area (Å²) in [6.07, 6.45) is -3.26. The first-order chi connectivity index (χ1) is 11.3. The average Bonchev–Trinajstić information content (AvgIpc) is 3.04. The molecule has 0 atom stereocenters. The van der Waals surface area contributed by atoms with Crippen LogP contribution in [0.1, 0.15) is 5.56 Å². The fourth-order valence-corrected chi connectivity index (χ4v) is 2.12. The van der Waals surface area contributed by atoms with Crippen molar-refractivity contribution in [1.82, 2.24) is 24.5 Å². The monoisotopic (exact) mass is 340 g/mol. The van der Waals surface area contributed by atoms with Crippen LogP contribution in [-0.2, 0) is 24.6 Å².